The molecule has 2 aromatic carbocycles. The van der Waals surface area contributed by atoms with Gasteiger partial charge in [0.05, 0.1) is 23.6 Å². The van der Waals surface area contributed by atoms with Crippen LogP contribution in [0, 0.1) is 5.82 Å². The van der Waals surface area contributed by atoms with Crippen LogP contribution in [0.3, 0.4) is 0 Å². The summed E-state index contributed by atoms with van der Waals surface area (Å²) in [6.45, 7) is 0. The van der Waals surface area contributed by atoms with Gasteiger partial charge in [-0.15, -0.1) is 0 Å². The molecule has 4 nitrogen and oxygen atoms in total. The number of benzene rings is 2. The Labute approximate surface area is 171 Å². The second-order valence-corrected chi connectivity index (χ2v) is 10.5. The van der Waals surface area contributed by atoms with E-state index >= 15 is 0 Å². The van der Waals surface area contributed by atoms with E-state index in [1.165, 1.54) is 23.9 Å². The predicted octanol–water partition coefficient (Wildman–Crippen LogP) is 4.41. The van der Waals surface area contributed by atoms with E-state index in [9.17, 15) is 12.8 Å². The number of aliphatic imine (C=N–C) groups is 1. The maximum Gasteiger partial charge on any atom is 0.164 e. The molecule has 0 bridgehead atoms. The third kappa shape index (κ3) is 4.11. The van der Waals surface area contributed by atoms with Crippen LogP contribution in [0.2, 0.25) is 10.0 Å². The summed E-state index contributed by atoms with van der Waals surface area (Å²) in [5.74, 6) is 0.304. The Bertz CT molecular complexity index is 1010. The van der Waals surface area contributed by atoms with E-state index in [1.54, 1.807) is 24.3 Å². The molecule has 2 aliphatic heterocycles. The molecule has 2 aliphatic rings. The molecule has 2 aromatic rings. The van der Waals surface area contributed by atoms with Crippen LogP contribution in [0.25, 0.3) is 0 Å². The summed E-state index contributed by atoms with van der Waals surface area (Å²) in [6.07, 6.45) is 0. The lowest BCUT2D eigenvalue weighted by Gasteiger charge is -2.27. The molecule has 9 heteroatoms. The highest BCUT2D eigenvalue weighted by atomic mass is 35.5. The largest absolute Gasteiger partial charge is 0.315 e. The number of amidine groups is 1. The molecular formula is C18H15Cl2FN2O2S2. The molecule has 0 saturated carbocycles. The molecule has 0 aromatic heterocycles. The zero-order valence-electron chi connectivity index (χ0n) is 14.0. The van der Waals surface area contributed by atoms with Crippen LogP contribution in [-0.4, -0.2) is 37.2 Å². The standard InChI is InChI=1S/C18H15Cl2FN2O2S2/c19-12-5-13(20)7-15(6-12)23-17-10-27(24,25)9-16(17)22-18(23)26-8-11-2-1-3-14(21)4-11/h1-7,16-17H,8-10H2. The van der Waals surface area contributed by atoms with Crippen LogP contribution in [-0.2, 0) is 15.6 Å². The minimum atomic E-state index is -3.14. The van der Waals surface area contributed by atoms with Crippen molar-refractivity contribution < 1.29 is 12.8 Å². The Morgan fingerprint density at radius 3 is 2.59 bits per heavy atom. The molecule has 0 spiro atoms. The first kappa shape index (κ1) is 19.1. The zero-order valence-corrected chi connectivity index (χ0v) is 17.1. The first-order chi connectivity index (χ1) is 12.8. The third-order valence-corrected chi connectivity index (χ3v) is 7.66. The number of sulfone groups is 1. The molecule has 2 unspecified atom stereocenters. The van der Waals surface area contributed by atoms with Gasteiger partial charge in [0.15, 0.2) is 15.0 Å². The van der Waals surface area contributed by atoms with Crippen LogP contribution in [0.1, 0.15) is 5.56 Å². The summed E-state index contributed by atoms with van der Waals surface area (Å²) >= 11 is 13.7. The molecule has 0 radical (unpaired) electrons. The van der Waals surface area contributed by atoms with Gasteiger partial charge in [0, 0.05) is 21.5 Å². The van der Waals surface area contributed by atoms with Gasteiger partial charge in [0.25, 0.3) is 0 Å². The van der Waals surface area contributed by atoms with Gasteiger partial charge in [-0.05, 0) is 35.9 Å². The lowest BCUT2D eigenvalue weighted by Crippen LogP contribution is -2.39. The summed E-state index contributed by atoms with van der Waals surface area (Å²) in [6, 6.07) is 10.9. The van der Waals surface area contributed by atoms with Crippen molar-refractivity contribution in [3.63, 3.8) is 0 Å². The van der Waals surface area contributed by atoms with Crippen molar-refractivity contribution in [1.29, 1.82) is 0 Å². The molecular weight excluding hydrogens is 430 g/mol. The van der Waals surface area contributed by atoms with Gasteiger partial charge in [-0.3, -0.25) is 4.99 Å². The SMILES string of the molecule is O=S1(=O)CC2N=C(SCc3cccc(F)c3)N(c3cc(Cl)cc(Cl)c3)C2C1. The quantitative estimate of drug-likeness (QED) is 0.703. The number of fused-ring (bicyclic) bond motifs is 1. The molecule has 142 valence electrons. The van der Waals surface area contributed by atoms with E-state index in [2.05, 4.69) is 4.99 Å². The van der Waals surface area contributed by atoms with Gasteiger partial charge in [-0.1, -0.05) is 47.1 Å². The van der Waals surface area contributed by atoms with Gasteiger partial charge >= 0.3 is 0 Å². The van der Waals surface area contributed by atoms with Crippen molar-refractivity contribution in [2.75, 3.05) is 16.4 Å². The van der Waals surface area contributed by atoms with Crippen LogP contribution >= 0.6 is 35.0 Å². The Balaban J connectivity index is 1.65. The minimum Gasteiger partial charge on any atom is -0.315 e. The topological polar surface area (TPSA) is 49.7 Å². The highest BCUT2D eigenvalue weighted by Crippen LogP contribution is 2.37. The molecule has 2 atom stereocenters. The number of nitrogens with zero attached hydrogens (tertiary/aromatic N) is 2. The molecule has 1 saturated heterocycles. The molecule has 1 fully saturated rings. The Morgan fingerprint density at radius 1 is 1.15 bits per heavy atom. The average Bonchev–Trinajstić information content (AvgIpc) is 3.03. The summed E-state index contributed by atoms with van der Waals surface area (Å²) in [4.78, 5) is 6.55. The fourth-order valence-electron chi connectivity index (χ4n) is 3.39. The minimum absolute atomic E-state index is 0.0342. The monoisotopic (exact) mass is 444 g/mol. The highest BCUT2D eigenvalue weighted by molar-refractivity contribution is 8.13. The van der Waals surface area contributed by atoms with E-state index in [0.29, 0.717) is 26.7 Å². The normalized spacial score (nSPS) is 23.4. The van der Waals surface area contributed by atoms with Crippen molar-refractivity contribution in [1.82, 2.24) is 0 Å². The Hall–Kier alpha value is -1.28. The number of hydrogen-bond donors (Lipinski definition) is 0. The first-order valence-corrected chi connectivity index (χ1v) is 11.8. The van der Waals surface area contributed by atoms with Crippen LogP contribution in [0.15, 0.2) is 47.5 Å². The van der Waals surface area contributed by atoms with Crippen molar-refractivity contribution >= 4 is 55.7 Å². The summed E-state index contributed by atoms with van der Waals surface area (Å²) < 4.78 is 37.6. The lowest BCUT2D eigenvalue weighted by molar-refractivity contribution is 0.601. The summed E-state index contributed by atoms with van der Waals surface area (Å²) in [5.41, 5.74) is 1.54. The molecule has 27 heavy (non-hydrogen) atoms. The van der Waals surface area contributed by atoms with E-state index in [0.717, 1.165) is 5.56 Å². The third-order valence-electron chi connectivity index (χ3n) is 4.49. The van der Waals surface area contributed by atoms with E-state index in [4.69, 9.17) is 23.2 Å². The zero-order chi connectivity index (χ0) is 19.2. The van der Waals surface area contributed by atoms with Crippen molar-refractivity contribution in [2.45, 2.75) is 17.8 Å². The second kappa shape index (κ2) is 7.28. The lowest BCUT2D eigenvalue weighted by atomic mass is 10.1. The maximum atomic E-state index is 13.4. The van der Waals surface area contributed by atoms with Crippen molar-refractivity contribution in [3.8, 4) is 0 Å². The predicted molar refractivity (Wildman–Crippen MR) is 110 cm³/mol. The molecule has 2 heterocycles. The van der Waals surface area contributed by atoms with E-state index in [-0.39, 0.29) is 29.4 Å². The van der Waals surface area contributed by atoms with Crippen LogP contribution in [0.4, 0.5) is 10.1 Å². The smallest absolute Gasteiger partial charge is 0.164 e. The molecule has 0 amide bonds. The maximum absolute atomic E-state index is 13.4. The van der Waals surface area contributed by atoms with Gasteiger partial charge in [0.1, 0.15) is 5.82 Å². The van der Waals surface area contributed by atoms with Crippen molar-refractivity contribution in [2.24, 2.45) is 4.99 Å². The number of halogens is 3. The van der Waals surface area contributed by atoms with Gasteiger partial charge in [-0.25, -0.2) is 12.8 Å². The fraction of sp³-hybridized carbons (Fsp3) is 0.278. The summed E-state index contributed by atoms with van der Waals surface area (Å²) in [7, 11) is -3.14. The number of anilines is 1. The number of rotatable bonds is 3. The van der Waals surface area contributed by atoms with Gasteiger partial charge in [0.2, 0.25) is 0 Å². The van der Waals surface area contributed by atoms with Crippen LogP contribution in [0.5, 0.6) is 0 Å². The molecule has 0 N–H and O–H groups in total. The van der Waals surface area contributed by atoms with Gasteiger partial charge in [-0.2, -0.15) is 0 Å². The van der Waals surface area contributed by atoms with Crippen LogP contribution < -0.4 is 4.90 Å². The molecule has 0 aliphatic carbocycles. The first-order valence-electron chi connectivity index (χ1n) is 8.21. The second-order valence-electron chi connectivity index (χ2n) is 6.54. The van der Waals surface area contributed by atoms with E-state index < -0.39 is 9.84 Å². The Kier molecular flexibility index (Phi) is 5.14. The van der Waals surface area contributed by atoms with Gasteiger partial charge < -0.3 is 4.90 Å². The number of hydrogen-bond acceptors (Lipinski definition) is 5. The number of thioether (sulfide) groups is 1. The van der Waals surface area contributed by atoms with E-state index in [1.807, 2.05) is 11.0 Å². The highest BCUT2D eigenvalue weighted by Gasteiger charge is 2.47. The summed E-state index contributed by atoms with van der Waals surface area (Å²) in [5, 5.41) is 1.63. The van der Waals surface area contributed by atoms with Crippen molar-refractivity contribution in [3.05, 3.63) is 63.9 Å². The average molecular weight is 445 g/mol. The fourth-order valence-corrected chi connectivity index (χ4v) is 6.81. The Morgan fingerprint density at radius 2 is 1.89 bits per heavy atom. The molecule has 4 rings (SSSR count).